The number of ether oxygens (including phenoxy) is 1. The quantitative estimate of drug-likeness (QED) is 0.593. The van der Waals surface area contributed by atoms with Gasteiger partial charge in [-0.1, -0.05) is 78.9 Å². The lowest BCUT2D eigenvalue weighted by Gasteiger charge is -2.17. The molecular weight excluding hydrogens is 386 g/mol. The molecule has 0 aliphatic heterocycles. The number of benzene rings is 3. The van der Waals surface area contributed by atoms with Crippen LogP contribution in [0.2, 0.25) is 0 Å². The first kappa shape index (κ1) is 19.2. The third kappa shape index (κ3) is 4.17. The van der Waals surface area contributed by atoms with Crippen LogP contribution in [0, 0.1) is 0 Å². The number of nitrogens with one attached hydrogen (secondary N) is 1. The summed E-state index contributed by atoms with van der Waals surface area (Å²) in [5.74, 6) is -0.0348. The predicted octanol–water partition coefficient (Wildman–Crippen LogP) is 4.90. The Bertz CT molecular complexity index is 990. The van der Waals surface area contributed by atoms with Crippen molar-refractivity contribution < 1.29 is 14.3 Å². The summed E-state index contributed by atoms with van der Waals surface area (Å²) in [6.07, 6.45) is -0.338. The lowest BCUT2D eigenvalue weighted by Crippen LogP contribution is -2.41. The van der Waals surface area contributed by atoms with Gasteiger partial charge in [0.1, 0.15) is 12.6 Å². The third-order valence-corrected chi connectivity index (χ3v) is 5.46. The molecule has 1 aliphatic carbocycles. The number of hydrogen-bond acceptors (Lipinski definition) is 3. The number of hydrogen-bond donors (Lipinski definition) is 1. The highest BCUT2D eigenvalue weighted by molar-refractivity contribution is 6.64. The van der Waals surface area contributed by atoms with Crippen molar-refractivity contribution in [1.82, 2.24) is 5.32 Å². The second-order valence-corrected chi connectivity index (χ2v) is 7.39. The summed E-state index contributed by atoms with van der Waals surface area (Å²) in [4.78, 5) is 24.2. The molecule has 0 bridgehead atoms. The summed E-state index contributed by atoms with van der Waals surface area (Å²) in [6.45, 7) is 0.189. The second-order valence-electron chi connectivity index (χ2n) is 7.02. The molecule has 0 spiro atoms. The highest BCUT2D eigenvalue weighted by Crippen LogP contribution is 2.44. The molecule has 0 heterocycles. The monoisotopic (exact) mass is 405 g/mol. The van der Waals surface area contributed by atoms with E-state index in [9.17, 15) is 9.59 Å². The number of amides is 1. The summed E-state index contributed by atoms with van der Waals surface area (Å²) in [5, 5.41) is 1.97. The van der Waals surface area contributed by atoms with Crippen molar-refractivity contribution in [1.29, 1.82) is 0 Å². The minimum Gasteiger partial charge on any atom is -0.449 e. The van der Waals surface area contributed by atoms with Crippen LogP contribution in [0.1, 0.15) is 22.6 Å². The van der Waals surface area contributed by atoms with Gasteiger partial charge in [-0.2, -0.15) is 0 Å². The van der Waals surface area contributed by atoms with Gasteiger partial charge in [0, 0.05) is 12.3 Å². The van der Waals surface area contributed by atoms with Gasteiger partial charge in [-0.05, 0) is 39.4 Å². The van der Waals surface area contributed by atoms with E-state index in [0.717, 1.165) is 27.8 Å². The van der Waals surface area contributed by atoms with Crippen molar-refractivity contribution in [2.45, 2.75) is 18.4 Å². The second kappa shape index (κ2) is 8.50. The van der Waals surface area contributed by atoms with Gasteiger partial charge in [0.2, 0.25) is 5.24 Å². The SMILES string of the molecule is O=C(N[C@H](Cc1ccccc1)C(=O)Cl)OCC1c2ccccc2-c2ccccc21. The van der Waals surface area contributed by atoms with Crippen LogP contribution in [-0.2, 0) is 16.0 Å². The normalized spacial score (nSPS) is 13.3. The van der Waals surface area contributed by atoms with Gasteiger partial charge in [0.25, 0.3) is 0 Å². The van der Waals surface area contributed by atoms with Gasteiger partial charge in [-0.25, -0.2) is 4.79 Å². The molecule has 5 heteroatoms. The highest BCUT2D eigenvalue weighted by Gasteiger charge is 2.29. The van der Waals surface area contributed by atoms with Crippen LogP contribution in [0.15, 0.2) is 78.9 Å². The van der Waals surface area contributed by atoms with E-state index in [1.54, 1.807) is 0 Å². The van der Waals surface area contributed by atoms with Crippen molar-refractivity contribution in [3.8, 4) is 11.1 Å². The summed E-state index contributed by atoms with van der Waals surface area (Å²) >= 11 is 5.69. The number of alkyl carbamates (subject to hydrolysis) is 1. The molecule has 4 nitrogen and oxygen atoms in total. The van der Waals surface area contributed by atoms with Crippen molar-refractivity contribution in [2.24, 2.45) is 0 Å². The van der Waals surface area contributed by atoms with Gasteiger partial charge < -0.3 is 10.1 Å². The van der Waals surface area contributed by atoms with Gasteiger partial charge in [-0.15, -0.1) is 0 Å². The Labute approximate surface area is 174 Å². The molecule has 1 N–H and O–H groups in total. The van der Waals surface area contributed by atoms with E-state index in [1.807, 2.05) is 54.6 Å². The van der Waals surface area contributed by atoms with Crippen LogP contribution < -0.4 is 5.32 Å². The molecule has 29 heavy (non-hydrogen) atoms. The molecule has 3 aromatic rings. The van der Waals surface area contributed by atoms with Crippen LogP contribution in [0.4, 0.5) is 4.79 Å². The minimum atomic E-state index is -0.838. The molecule has 3 aromatic carbocycles. The van der Waals surface area contributed by atoms with Crippen LogP contribution in [0.5, 0.6) is 0 Å². The van der Waals surface area contributed by atoms with E-state index in [2.05, 4.69) is 29.6 Å². The molecule has 0 radical (unpaired) electrons. The third-order valence-electron chi connectivity index (χ3n) is 5.19. The molecule has 1 aliphatic rings. The Balaban J connectivity index is 1.43. The average molecular weight is 406 g/mol. The first-order valence-electron chi connectivity index (χ1n) is 9.48. The molecule has 4 rings (SSSR count). The zero-order chi connectivity index (χ0) is 20.2. The Hall–Kier alpha value is -3.11. The maximum atomic E-state index is 12.4. The standard InChI is InChI=1S/C24H20ClNO3/c25-23(27)22(14-16-8-2-1-3-9-16)26-24(28)29-15-21-19-12-6-4-10-17(19)18-11-5-7-13-20(18)21/h1-13,21-22H,14-15H2,(H,26,28)/t22-/m1/s1. The van der Waals surface area contributed by atoms with Gasteiger partial charge >= 0.3 is 6.09 Å². The highest BCUT2D eigenvalue weighted by atomic mass is 35.5. The zero-order valence-corrected chi connectivity index (χ0v) is 16.4. The number of fused-ring (bicyclic) bond motifs is 3. The summed E-state index contributed by atoms with van der Waals surface area (Å²) < 4.78 is 5.50. The van der Waals surface area contributed by atoms with Crippen LogP contribution >= 0.6 is 11.6 Å². The number of carbonyl (C=O) groups is 2. The molecular formula is C24H20ClNO3. The lowest BCUT2D eigenvalue weighted by molar-refractivity contribution is -0.113. The Morgan fingerprint density at radius 2 is 1.41 bits per heavy atom. The first-order chi connectivity index (χ1) is 14.1. The van der Waals surface area contributed by atoms with Crippen LogP contribution in [0.25, 0.3) is 11.1 Å². The van der Waals surface area contributed by atoms with Gasteiger partial charge in [0.05, 0.1) is 0 Å². The van der Waals surface area contributed by atoms with Crippen molar-refractivity contribution in [3.05, 3.63) is 95.6 Å². The van der Waals surface area contributed by atoms with E-state index < -0.39 is 17.4 Å². The van der Waals surface area contributed by atoms with Crippen molar-refractivity contribution in [2.75, 3.05) is 6.61 Å². The Kier molecular flexibility index (Phi) is 5.63. The predicted molar refractivity (Wildman–Crippen MR) is 113 cm³/mol. The summed E-state index contributed by atoms with van der Waals surface area (Å²) in [6, 6.07) is 24.8. The number of halogens is 1. The first-order valence-corrected chi connectivity index (χ1v) is 9.86. The Morgan fingerprint density at radius 1 is 0.862 bits per heavy atom. The minimum absolute atomic E-state index is 0.0348. The summed E-state index contributed by atoms with van der Waals surface area (Å²) in [7, 11) is 0. The topological polar surface area (TPSA) is 55.4 Å². The molecule has 0 unspecified atom stereocenters. The fourth-order valence-corrected chi connectivity index (χ4v) is 3.95. The largest absolute Gasteiger partial charge is 0.449 e. The fraction of sp³-hybridized carbons (Fsp3) is 0.167. The molecule has 0 saturated carbocycles. The molecule has 0 fully saturated rings. The van der Waals surface area contributed by atoms with Crippen molar-refractivity contribution in [3.63, 3.8) is 0 Å². The fourth-order valence-electron chi connectivity index (χ4n) is 3.82. The molecule has 0 aromatic heterocycles. The van der Waals surface area contributed by atoms with Crippen LogP contribution in [-0.4, -0.2) is 24.0 Å². The maximum absolute atomic E-state index is 12.4. The van der Waals surface area contributed by atoms with E-state index >= 15 is 0 Å². The Morgan fingerprint density at radius 3 is 2.00 bits per heavy atom. The summed E-state index contributed by atoms with van der Waals surface area (Å²) in [5.41, 5.74) is 5.50. The molecule has 1 atom stereocenters. The zero-order valence-electron chi connectivity index (χ0n) is 15.7. The van der Waals surface area contributed by atoms with Crippen LogP contribution in [0.3, 0.4) is 0 Å². The molecule has 146 valence electrons. The van der Waals surface area contributed by atoms with E-state index in [0.29, 0.717) is 6.42 Å². The molecule has 0 saturated heterocycles. The maximum Gasteiger partial charge on any atom is 0.407 e. The van der Waals surface area contributed by atoms with E-state index in [4.69, 9.17) is 16.3 Å². The van der Waals surface area contributed by atoms with Gasteiger partial charge in [0.15, 0.2) is 0 Å². The number of rotatable bonds is 6. The van der Waals surface area contributed by atoms with Gasteiger partial charge in [-0.3, -0.25) is 4.79 Å². The van der Waals surface area contributed by atoms with E-state index in [1.165, 1.54) is 0 Å². The number of carbonyl (C=O) groups excluding carboxylic acids is 2. The van der Waals surface area contributed by atoms with E-state index in [-0.39, 0.29) is 12.5 Å². The molecule has 1 amide bonds. The average Bonchev–Trinajstić information content (AvgIpc) is 3.06. The smallest absolute Gasteiger partial charge is 0.407 e. The van der Waals surface area contributed by atoms with Crippen molar-refractivity contribution >= 4 is 22.9 Å². The lowest BCUT2D eigenvalue weighted by atomic mass is 9.98.